The molecule has 70 valence electrons. The third-order valence-corrected chi connectivity index (χ3v) is 2.26. The lowest BCUT2D eigenvalue weighted by molar-refractivity contribution is 0.937. The number of aromatic nitrogens is 1. The number of allylic oxidation sites excluding steroid dienone is 3. The number of nitrogens with zero attached hydrogens (tertiary/aromatic N) is 1. The van der Waals surface area contributed by atoms with Gasteiger partial charge in [-0.2, -0.15) is 0 Å². The van der Waals surface area contributed by atoms with E-state index in [4.69, 9.17) is 0 Å². The Kier molecular flexibility index (Phi) is 2.34. The van der Waals surface area contributed by atoms with Crippen LogP contribution in [0.1, 0.15) is 18.2 Å². The van der Waals surface area contributed by atoms with Crippen LogP contribution in [-0.4, -0.2) is 4.98 Å². The second-order valence-electron chi connectivity index (χ2n) is 3.66. The fourth-order valence-corrected chi connectivity index (χ4v) is 1.42. The standard InChI is InChI=1S/C13H13N/c1-10-3-5-12(6-4-10)13-9-11(2)7-8-14-13/h3-5,7-10H,1-2H3. The van der Waals surface area contributed by atoms with Gasteiger partial charge in [0.15, 0.2) is 0 Å². The summed E-state index contributed by atoms with van der Waals surface area (Å²) >= 11 is 0. The Morgan fingerprint density at radius 3 is 2.93 bits per heavy atom. The molecule has 0 saturated heterocycles. The summed E-state index contributed by atoms with van der Waals surface area (Å²) in [6.07, 6.45) is 8.16. The molecule has 1 nitrogen and oxygen atoms in total. The van der Waals surface area contributed by atoms with Crippen LogP contribution in [0.4, 0.5) is 0 Å². The van der Waals surface area contributed by atoms with Gasteiger partial charge in [0.2, 0.25) is 0 Å². The third-order valence-electron chi connectivity index (χ3n) is 2.26. The summed E-state index contributed by atoms with van der Waals surface area (Å²) in [6.45, 7) is 4.22. The molecule has 1 aliphatic rings. The van der Waals surface area contributed by atoms with Crippen LogP contribution < -0.4 is 0 Å². The summed E-state index contributed by atoms with van der Waals surface area (Å²) in [6, 6.07) is 4.08. The predicted octanol–water partition coefficient (Wildman–Crippen LogP) is 3.13. The average Bonchev–Trinajstić information content (AvgIpc) is 2.19. The van der Waals surface area contributed by atoms with E-state index in [-0.39, 0.29) is 0 Å². The van der Waals surface area contributed by atoms with E-state index >= 15 is 0 Å². The maximum atomic E-state index is 4.32. The molecule has 2 rings (SSSR count). The summed E-state index contributed by atoms with van der Waals surface area (Å²) in [5, 5.41) is 0. The van der Waals surface area contributed by atoms with E-state index in [1.54, 1.807) is 0 Å². The van der Waals surface area contributed by atoms with Crippen molar-refractivity contribution in [3.05, 3.63) is 53.5 Å². The van der Waals surface area contributed by atoms with Crippen molar-refractivity contribution in [1.82, 2.24) is 4.98 Å². The summed E-state index contributed by atoms with van der Waals surface area (Å²) in [5.41, 5.74) is 6.57. The number of aryl methyl sites for hydroxylation is 1. The Labute approximate surface area is 84.5 Å². The van der Waals surface area contributed by atoms with Gasteiger partial charge in [0.25, 0.3) is 0 Å². The van der Waals surface area contributed by atoms with Crippen molar-refractivity contribution in [2.24, 2.45) is 5.92 Å². The summed E-state index contributed by atoms with van der Waals surface area (Å²) in [7, 11) is 0. The summed E-state index contributed by atoms with van der Waals surface area (Å²) < 4.78 is 0. The van der Waals surface area contributed by atoms with Gasteiger partial charge in [0.05, 0.1) is 5.69 Å². The van der Waals surface area contributed by atoms with Crippen molar-refractivity contribution in [1.29, 1.82) is 0 Å². The number of hydrogen-bond acceptors (Lipinski definition) is 1. The minimum absolute atomic E-state index is 0.489. The zero-order valence-electron chi connectivity index (χ0n) is 8.49. The summed E-state index contributed by atoms with van der Waals surface area (Å²) in [5.74, 6) is 0.489. The van der Waals surface area contributed by atoms with Crippen LogP contribution in [0.2, 0.25) is 0 Å². The molecule has 1 heterocycles. The lowest BCUT2D eigenvalue weighted by Gasteiger charge is -2.05. The van der Waals surface area contributed by atoms with Gasteiger partial charge < -0.3 is 0 Å². The number of hydrogen-bond donors (Lipinski definition) is 0. The van der Waals surface area contributed by atoms with E-state index in [9.17, 15) is 0 Å². The van der Waals surface area contributed by atoms with Gasteiger partial charge in [0, 0.05) is 11.8 Å². The Morgan fingerprint density at radius 1 is 1.43 bits per heavy atom. The van der Waals surface area contributed by atoms with Crippen molar-refractivity contribution in [2.75, 3.05) is 0 Å². The van der Waals surface area contributed by atoms with E-state index in [0.717, 1.165) is 11.3 Å². The predicted molar refractivity (Wildman–Crippen MR) is 58.8 cm³/mol. The topological polar surface area (TPSA) is 12.9 Å². The maximum absolute atomic E-state index is 4.32. The first-order chi connectivity index (χ1) is 6.75. The second-order valence-corrected chi connectivity index (χ2v) is 3.66. The average molecular weight is 183 g/mol. The normalized spacial score (nSPS) is 19.6. The Morgan fingerprint density at radius 2 is 2.29 bits per heavy atom. The van der Waals surface area contributed by atoms with Gasteiger partial charge in [-0.05, 0) is 42.7 Å². The first kappa shape index (κ1) is 8.98. The minimum Gasteiger partial charge on any atom is -0.256 e. The van der Waals surface area contributed by atoms with E-state index in [0.29, 0.717) is 5.92 Å². The van der Waals surface area contributed by atoms with Gasteiger partial charge in [-0.1, -0.05) is 13.0 Å². The van der Waals surface area contributed by atoms with E-state index in [2.05, 4.69) is 48.9 Å². The lowest BCUT2D eigenvalue weighted by Crippen LogP contribution is -1.91. The number of pyridine rings is 1. The van der Waals surface area contributed by atoms with Crippen molar-refractivity contribution < 1.29 is 0 Å². The van der Waals surface area contributed by atoms with Gasteiger partial charge >= 0.3 is 0 Å². The molecule has 0 N–H and O–H groups in total. The zero-order chi connectivity index (χ0) is 9.97. The van der Waals surface area contributed by atoms with Crippen LogP contribution >= 0.6 is 0 Å². The fourth-order valence-electron chi connectivity index (χ4n) is 1.42. The van der Waals surface area contributed by atoms with Gasteiger partial charge in [-0.25, -0.2) is 0 Å². The molecular weight excluding hydrogens is 170 g/mol. The monoisotopic (exact) mass is 183 g/mol. The first-order valence-electron chi connectivity index (χ1n) is 4.84. The molecule has 0 radical (unpaired) electrons. The second kappa shape index (κ2) is 3.65. The Balaban J connectivity index is 2.42. The molecule has 1 heteroatoms. The van der Waals surface area contributed by atoms with E-state index in [1.807, 2.05) is 12.3 Å². The molecule has 1 atom stereocenters. The van der Waals surface area contributed by atoms with Crippen molar-refractivity contribution in [3.63, 3.8) is 0 Å². The molecule has 0 aliphatic heterocycles. The molecule has 14 heavy (non-hydrogen) atoms. The quantitative estimate of drug-likeness (QED) is 0.609. The highest BCUT2D eigenvalue weighted by Gasteiger charge is 2.02. The van der Waals surface area contributed by atoms with E-state index < -0.39 is 0 Å². The van der Waals surface area contributed by atoms with Crippen molar-refractivity contribution >= 4 is 5.57 Å². The molecule has 1 aromatic heterocycles. The van der Waals surface area contributed by atoms with Gasteiger partial charge in [0.1, 0.15) is 0 Å². The lowest BCUT2D eigenvalue weighted by atomic mass is 10.0. The van der Waals surface area contributed by atoms with Crippen LogP contribution in [0.25, 0.3) is 5.57 Å². The van der Waals surface area contributed by atoms with Gasteiger partial charge in [-0.3, -0.25) is 4.98 Å². The largest absolute Gasteiger partial charge is 0.256 e. The molecule has 0 bridgehead atoms. The molecular formula is C13H13N. The van der Waals surface area contributed by atoms with Crippen LogP contribution in [0.3, 0.4) is 0 Å². The van der Waals surface area contributed by atoms with Crippen molar-refractivity contribution in [3.8, 4) is 0 Å². The SMILES string of the molecule is Cc1ccnc(C2=C=CC(C)C=C2)c1. The Hall–Kier alpha value is -1.59. The van der Waals surface area contributed by atoms with Crippen LogP contribution in [-0.2, 0) is 0 Å². The molecule has 1 unspecified atom stereocenters. The van der Waals surface area contributed by atoms with Crippen LogP contribution in [0.15, 0.2) is 42.3 Å². The van der Waals surface area contributed by atoms with Crippen LogP contribution in [0, 0.1) is 12.8 Å². The van der Waals surface area contributed by atoms with E-state index in [1.165, 1.54) is 5.56 Å². The smallest absolute Gasteiger partial charge is 0.0781 e. The molecule has 0 amide bonds. The highest BCUT2D eigenvalue weighted by molar-refractivity contribution is 5.72. The highest BCUT2D eigenvalue weighted by atomic mass is 14.7. The molecule has 0 saturated carbocycles. The maximum Gasteiger partial charge on any atom is 0.0781 e. The molecule has 0 aromatic carbocycles. The van der Waals surface area contributed by atoms with Crippen LogP contribution in [0.5, 0.6) is 0 Å². The highest BCUT2D eigenvalue weighted by Crippen LogP contribution is 2.18. The Bertz CT molecular complexity index is 434. The number of rotatable bonds is 1. The molecule has 1 aromatic rings. The van der Waals surface area contributed by atoms with Gasteiger partial charge in [-0.15, -0.1) is 5.73 Å². The zero-order valence-corrected chi connectivity index (χ0v) is 8.49. The molecule has 1 aliphatic carbocycles. The summed E-state index contributed by atoms with van der Waals surface area (Å²) in [4.78, 5) is 4.32. The fraction of sp³-hybridized carbons (Fsp3) is 0.231. The first-order valence-corrected chi connectivity index (χ1v) is 4.84. The third kappa shape index (κ3) is 1.84. The minimum atomic E-state index is 0.489. The molecule has 0 spiro atoms. The molecule has 0 fully saturated rings. The van der Waals surface area contributed by atoms with Crippen molar-refractivity contribution in [2.45, 2.75) is 13.8 Å².